The summed E-state index contributed by atoms with van der Waals surface area (Å²) in [6, 6.07) is 12.6. The van der Waals surface area contributed by atoms with Gasteiger partial charge < -0.3 is 10.6 Å². The van der Waals surface area contributed by atoms with Gasteiger partial charge in [0.15, 0.2) is 5.96 Å². The van der Waals surface area contributed by atoms with Gasteiger partial charge in [0.25, 0.3) is 0 Å². The monoisotopic (exact) mass is 441 g/mol. The molecule has 2 aromatic rings. The fraction of sp³-hybridized carbons (Fsp3) is 0.444. The zero-order chi connectivity index (χ0) is 16.7. The lowest BCUT2D eigenvalue weighted by Crippen LogP contribution is -2.40. The summed E-state index contributed by atoms with van der Waals surface area (Å²) in [5.41, 5.74) is 2.48. The maximum absolute atomic E-state index is 4.31. The summed E-state index contributed by atoms with van der Waals surface area (Å²) in [7, 11) is 3.74. The molecule has 0 saturated carbocycles. The molecule has 0 bridgehead atoms. The Morgan fingerprint density at radius 3 is 2.42 bits per heavy atom. The maximum Gasteiger partial charge on any atom is 0.191 e. The van der Waals surface area contributed by atoms with Crippen LogP contribution in [0.5, 0.6) is 0 Å². The number of nitrogens with one attached hydrogen (secondary N) is 2. The first-order valence-corrected chi connectivity index (χ1v) is 8.08. The van der Waals surface area contributed by atoms with E-state index >= 15 is 0 Å². The molecule has 0 spiro atoms. The van der Waals surface area contributed by atoms with E-state index in [0.29, 0.717) is 18.4 Å². The maximum atomic E-state index is 4.31. The third-order valence-corrected chi connectivity index (χ3v) is 4.10. The largest absolute Gasteiger partial charge is 0.356 e. The fourth-order valence-corrected chi connectivity index (χ4v) is 2.61. The van der Waals surface area contributed by atoms with Crippen molar-refractivity contribution in [3.8, 4) is 0 Å². The van der Waals surface area contributed by atoms with Crippen LogP contribution in [0.4, 0.5) is 0 Å². The van der Waals surface area contributed by atoms with E-state index in [9.17, 15) is 0 Å². The van der Waals surface area contributed by atoms with Gasteiger partial charge in [-0.15, -0.1) is 24.0 Å². The van der Waals surface area contributed by atoms with Crippen molar-refractivity contribution >= 4 is 29.9 Å². The van der Waals surface area contributed by atoms with Crippen molar-refractivity contribution in [3.05, 3.63) is 53.9 Å². The van der Waals surface area contributed by atoms with Crippen LogP contribution in [0.25, 0.3) is 0 Å². The van der Waals surface area contributed by atoms with Gasteiger partial charge in [0.2, 0.25) is 0 Å². The fourth-order valence-electron chi connectivity index (χ4n) is 2.61. The standard InChI is InChI=1S/C18H27N5.HI/c1-14(2)17(15-8-6-5-7-9-15)13-21-18(19-3)20-12-16-10-11-22-23(16)4;/h5-11,14,17H,12-13H2,1-4H3,(H2,19,20,21);1H. The second-order valence-electron chi connectivity index (χ2n) is 6.01. The van der Waals surface area contributed by atoms with Gasteiger partial charge >= 0.3 is 0 Å². The summed E-state index contributed by atoms with van der Waals surface area (Å²) in [5.74, 6) is 1.82. The van der Waals surface area contributed by atoms with E-state index in [4.69, 9.17) is 0 Å². The van der Waals surface area contributed by atoms with Gasteiger partial charge in [-0.1, -0.05) is 44.2 Å². The highest BCUT2D eigenvalue weighted by Gasteiger charge is 2.16. The lowest BCUT2D eigenvalue weighted by atomic mass is 9.88. The van der Waals surface area contributed by atoms with Gasteiger partial charge in [0.05, 0.1) is 12.2 Å². The lowest BCUT2D eigenvalue weighted by molar-refractivity contribution is 0.487. The minimum Gasteiger partial charge on any atom is -0.356 e. The van der Waals surface area contributed by atoms with Gasteiger partial charge in [-0.2, -0.15) is 5.10 Å². The quantitative estimate of drug-likeness (QED) is 0.412. The molecule has 1 aromatic carbocycles. The number of benzene rings is 1. The third kappa shape index (κ3) is 5.81. The number of nitrogens with zero attached hydrogens (tertiary/aromatic N) is 3. The van der Waals surface area contributed by atoms with E-state index < -0.39 is 0 Å². The average molecular weight is 441 g/mol. The number of hydrogen-bond acceptors (Lipinski definition) is 2. The lowest BCUT2D eigenvalue weighted by Gasteiger charge is -2.23. The predicted molar refractivity (Wildman–Crippen MR) is 111 cm³/mol. The second-order valence-corrected chi connectivity index (χ2v) is 6.01. The van der Waals surface area contributed by atoms with Gasteiger partial charge in [0, 0.05) is 32.8 Å². The molecule has 24 heavy (non-hydrogen) atoms. The Hall–Kier alpha value is -1.57. The molecule has 0 radical (unpaired) electrons. The van der Waals surface area contributed by atoms with Crippen LogP contribution in [0.3, 0.4) is 0 Å². The molecule has 6 heteroatoms. The molecule has 0 fully saturated rings. The SMILES string of the molecule is CN=C(NCc1ccnn1C)NCC(c1ccccc1)C(C)C.I. The first-order valence-electron chi connectivity index (χ1n) is 8.08. The normalized spacial score (nSPS) is 12.6. The van der Waals surface area contributed by atoms with Crippen molar-refractivity contribution in [2.75, 3.05) is 13.6 Å². The van der Waals surface area contributed by atoms with E-state index in [1.54, 1.807) is 13.2 Å². The molecule has 1 aromatic heterocycles. The second kappa shape index (κ2) is 10.3. The number of aliphatic imine (C=N–C) groups is 1. The van der Waals surface area contributed by atoms with Crippen molar-refractivity contribution in [3.63, 3.8) is 0 Å². The van der Waals surface area contributed by atoms with E-state index in [2.05, 4.69) is 64.9 Å². The number of hydrogen-bond donors (Lipinski definition) is 2. The van der Waals surface area contributed by atoms with Crippen molar-refractivity contribution < 1.29 is 0 Å². The number of aromatic nitrogens is 2. The summed E-state index contributed by atoms with van der Waals surface area (Å²) in [4.78, 5) is 4.31. The van der Waals surface area contributed by atoms with Crippen molar-refractivity contribution in [1.82, 2.24) is 20.4 Å². The molecule has 1 heterocycles. The first kappa shape index (κ1) is 20.5. The minimum atomic E-state index is 0. The number of guanidine groups is 1. The molecule has 1 unspecified atom stereocenters. The van der Waals surface area contributed by atoms with E-state index in [0.717, 1.165) is 18.2 Å². The van der Waals surface area contributed by atoms with Crippen LogP contribution in [0.15, 0.2) is 47.6 Å². The van der Waals surface area contributed by atoms with Crippen LogP contribution in [0.2, 0.25) is 0 Å². The van der Waals surface area contributed by atoms with E-state index in [1.165, 1.54) is 5.56 Å². The Kier molecular flexibility index (Phi) is 8.81. The van der Waals surface area contributed by atoms with Crippen LogP contribution in [-0.4, -0.2) is 29.3 Å². The van der Waals surface area contributed by atoms with E-state index in [1.807, 2.05) is 17.8 Å². The van der Waals surface area contributed by atoms with Crippen LogP contribution in [-0.2, 0) is 13.6 Å². The van der Waals surface area contributed by atoms with Gasteiger partial charge in [-0.05, 0) is 17.5 Å². The molecule has 1 atom stereocenters. The molecule has 132 valence electrons. The van der Waals surface area contributed by atoms with Gasteiger partial charge in [0.1, 0.15) is 0 Å². The summed E-state index contributed by atoms with van der Waals surface area (Å²) in [5, 5.41) is 11.0. The van der Waals surface area contributed by atoms with Crippen LogP contribution in [0, 0.1) is 5.92 Å². The Morgan fingerprint density at radius 2 is 1.88 bits per heavy atom. The molecular weight excluding hydrogens is 413 g/mol. The van der Waals surface area contributed by atoms with E-state index in [-0.39, 0.29) is 24.0 Å². The summed E-state index contributed by atoms with van der Waals surface area (Å²) >= 11 is 0. The third-order valence-electron chi connectivity index (χ3n) is 4.10. The highest BCUT2D eigenvalue weighted by Crippen LogP contribution is 2.23. The number of rotatable bonds is 6. The van der Waals surface area contributed by atoms with Crippen molar-refractivity contribution in [2.24, 2.45) is 18.0 Å². The zero-order valence-electron chi connectivity index (χ0n) is 14.9. The molecule has 0 aliphatic carbocycles. The smallest absolute Gasteiger partial charge is 0.191 e. The molecule has 2 N–H and O–H groups in total. The first-order chi connectivity index (χ1) is 11.1. The zero-order valence-corrected chi connectivity index (χ0v) is 17.2. The predicted octanol–water partition coefficient (Wildman–Crippen LogP) is 3.14. The topological polar surface area (TPSA) is 54.2 Å². The molecular formula is C18H28IN5. The van der Waals surface area contributed by atoms with Gasteiger partial charge in [-0.3, -0.25) is 9.67 Å². The molecule has 0 aliphatic heterocycles. The molecule has 0 amide bonds. The van der Waals surface area contributed by atoms with Crippen LogP contribution >= 0.6 is 24.0 Å². The Morgan fingerprint density at radius 1 is 1.17 bits per heavy atom. The van der Waals surface area contributed by atoms with Crippen LogP contribution < -0.4 is 10.6 Å². The highest BCUT2D eigenvalue weighted by atomic mass is 127. The van der Waals surface area contributed by atoms with Crippen molar-refractivity contribution in [1.29, 1.82) is 0 Å². The van der Waals surface area contributed by atoms with Gasteiger partial charge in [-0.25, -0.2) is 0 Å². The Labute approximate surface area is 162 Å². The molecule has 2 rings (SSSR count). The molecule has 0 saturated heterocycles. The number of halogens is 1. The highest BCUT2D eigenvalue weighted by molar-refractivity contribution is 14.0. The Balaban J connectivity index is 0.00000288. The van der Waals surface area contributed by atoms with Crippen LogP contribution in [0.1, 0.15) is 31.0 Å². The molecule has 0 aliphatic rings. The summed E-state index contributed by atoms with van der Waals surface area (Å²) in [6.45, 7) is 6.07. The number of aryl methyl sites for hydroxylation is 1. The minimum absolute atomic E-state index is 0. The Bertz CT molecular complexity index is 621. The average Bonchev–Trinajstić information content (AvgIpc) is 2.96. The van der Waals surface area contributed by atoms with Crippen molar-refractivity contribution in [2.45, 2.75) is 26.3 Å². The summed E-state index contributed by atoms with van der Waals surface area (Å²) < 4.78 is 1.86. The summed E-state index contributed by atoms with van der Waals surface area (Å²) in [6.07, 6.45) is 1.80. The molecule has 5 nitrogen and oxygen atoms in total.